The number of amides is 1. The molecule has 0 aliphatic rings. The van der Waals surface area contributed by atoms with Gasteiger partial charge in [-0.2, -0.15) is 5.26 Å². The lowest BCUT2D eigenvalue weighted by Crippen LogP contribution is -2.26. The number of carbonyl (C=O) groups excluding carboxylic acids is 1. The van der Waals surface area contributed by atoms with E-state index in [1.165, 1.54) is 0 Å². The van der Waals surface area contributed by atoms with Crippen LogP contribution in [0.5, 0.6) is 5.75 Å². The number of nitriles is 1. The zero-order valence-electron chi connectivity index (χ0n) is 20.0. The van der Waals surface area contributed by atoms with Crippen molar-refractivity contribution in [2.45, 2.75) is 13.0 Å². The number of rotatable bonds is 8. The number of para-hydroxylation sites is 1. The number of ether oxygens (including phenoxy) is 1. The van der Waals surface area contributed by atoms with Crippen LogP contribution in [0.1, 0.15) is 16.7 Å². The van der Waals surface area contributed by atoms with Crippen LogP contribution in [-0.4, -0.2) is 17.4 Å². The average Bonchev–Trinajstić information content (AvgIpc) is 3.34. The van der Waals surface area contributed by atoms with Gasteiger partial charge in [-0.3, -0.25) is 4.79 Å². The minimum atomic E-state index is -0.418. The lowest BCUT2D eigenvalue weighted by Gasteiger charge is -2.13. The van der Waals surface area contributed by atoms with Gasteiger partial charge in [0.05, 0.1) is 0 Å². The molecule has 0 saturated heterocycles. The molecule has 37 heavy (non-hydrogen) atoms. The monoisotopic (exact) mass is 505 g/mol. The summed E-state index contributed by atoms with van der Waals surface area (Å²) < 4.78 is 6.14. The van der Waals surface area contributed by atoms with Gasteiger partial charge in [-0.25, -0.2) is 0 Å². The Kier molecular flexibility index (Phi) is 7.21. The van der Waals surface area contributed by atoms with E-state index >= 15 is 0 Å². The number of nitrogens with one attached hydrogen (secondary N) is 2. The number of nitrogens with zero attached hydrogens (tertiary/aromatic N) is 1. The van der Waals surface area contributed by atoms with Crippen LogP contribution < -0.4 is 10.1 Å². The van der Waals surface area contributed by atoms with Crippen LogP contribution in [0.15, 0.2) is 96.7 Å². The first-order chi connectivity index (χ1) is 18.1. The molecule has 1 amide bonds. The fourth-order valence-corrected chi connectivity index (χ4v) is 4.46. The quantitative estimate of drug-likeness (QED) is 0.179. The topological polar surface area (TPSA) is 77.9 Å². The molecule has 4 aromatic carbocycles. The highest BCUT2D eigenvalue weighted by molar-refractivity contribution is 6.30. The molecule has 0 unspecified atom stereocenters. The third kappa shape index (κ3) is 5.50. The molecule has 0 aliphatic carbocycles. The average molecular weight is 506 g/mol. The third-order valence-corrected chi connectivity index (χ3v) is 6.50. The zero-order valence-corrected chi connectivity index (χ0v) is 20.8. The smallest absolute Gasteiger partial charge is 0.261 e. The molecule has 1 aromatic heterocycles. The fraction of sp³-hybridized carbons (Fsp3) is 0.0968. The van der Waals surface area contributed by atoms with Gasteiger partial charge in [0.15, 0.2) is 0 Å². The van der Waals surface area contributed by atoms with Crippen molar-refractivity contribution in [2.24, 2.45) is 0 Å². The minimum absolute atomic E-state index is 0.0200. The van der Waals surface area contributed by atoms with Gasteiger partial charge in [-0.15, -0.1) is 0 Å². The summed E-state index contributed by atoms with van der Waals surface area (Å²) in [7, 11) is 0. The summed E-state index contributed by atoms with van der Waals surface area (Å²) in [5.41, 5.74) is 3.85. The first-order valence-corrected chi connectivity index (χ1v) is 12.3. The van der Waals surface area contributed by atoms with Gasteiger partial charge in [0.25, 0.3) is 5.91 Å². The molecule has 2 N–H and O–H groups in total. The van der Waals surface area contributed by atoms with Crippen LogP contribution in [-0.2, 0) is 17.8 Å². The van der Waals surface area contributed by atoms with Crippen LogP contribution in [0.4, 0.5) is 0 Å². The Morgan fingerprint density at radius 2 is 1.73 bits per heavy atom. The molecule has 5 nitrogen and oxygen atoms in total. The van der Waals surface area contributed by atoms with Gasteiger partial charge in [-0.1, -0.05) is 72.3 Å². The summed E-state index contributed by atoms with van der Waals surface area (Å²) >= 11 is 5.99. The van der Waals surface area contributed by atoms with Gasteiger partial charge in [0.1, 0.15) is 24.0 Å². The van der Waals surface area contributed by atoms with Crippen LogP contribution in [0.2, 0.25) is 5.02 Å². The van der Waals surface area contributed by atoms with E-state index in [0.29, 0.717) is 35.9 Å². The Bertz CT molecular complexity index is 1650. The molecule has 0 atom stereocenters. The van der Waals surface area contributed by atoms with Crippen molar-refractivity contribution in [1.29, 1.82) is 5.26 Å². The van der Waals surface area contributed by atoms with Crippen molar-refractivity contribution in [3.8, 4) is 11.8 Å². The van der Waals surface area contributed by atoms with E-state index in [0.717, 1.165) is 32.8 Å². The number of hydrogen-bond acceptors (Lipinski definition) is 3. The number of carbonyl (C=O) groups is 1. The van der Waals surface area contributed by atoms with E-state index in [-0.39, 0.29) is 5.57 Å². The molecular weight excluding hydrogens is 482 g/mol. The maximum Gasteiger partial charge on any atom is 0.261 e. The van der Waals surface area contributed by atoms with Gasteiger partial charge in [0.2, 0.25) is 0 Å². The molecule has 0 fully saturated rings. The number of H-pyrrole nitrogens is 1. The van der Waals surface area contributed by atoms with E-state index in [1.54, 1.807) is 6.08 Å². The second-order valence-corrected chi connectivity index (χ2v) is 9.09. The van der Waals surface area contributed by atoms with Gasteiger partial charge < -0.3 is 15.0 Å². The van der Waals surface area contributed by atoms with Crippen molar-refractivity contribution in [2.75, 3.05) is 6.54 Å². The molecule has 0 spiro atoms. The molecule has 0 saturated carbocycles. The highest BCUT2D eigenvalue weighted by Gasteiger charge is 2.14. The normalized spacial score (nSPS) is 11.4. The third-order valence-electron chi connectivity index (χ3n) is 6.25. The maximum atomic E-state index is 13.0. The van der Waals surface area contributed by atoms with Crippen molar-refractivity contribution < 1.29 is 9.53 Å². The predicted molar refractivity (Wildman–Crippen MR) is 148 cm³/mol. The first kappa shape index (κ1) is 24.2. The Morgan fingerprint density at radius 1 is 0.973 bits per heavy atom. The molecule has 0 aliphatic heterocycles. The summed E-state index contributed by atoms with van der Waals surface area (Å²) in [6, 6.07) is 29.2. The molecule has 1 heterocycles. The number of fused-ring (bicyclic) bond motifs is 2. The zero-order chi connectivity index (χ0) is 25.6. The summed E-state index contributed by atoms with van der Waals surface area (Å²) in [6.45, 7) is 0.740. The van der Waals surface area contributed by atoms with E-state index in [2.05, 4.69) is 22.4 Å². The van der Waals surface area contributed by atoms with Crippen molar-refractivity contribution in [3.63, 3.8) is 0 Å². The molecule has 5 aromatic rings. The number of halogens is 1. The van der Waals surface area contributed by atoms with E-state index in [9.17, 15) is 10.1 Å². The first-order valence-electron chi connectivity index (χ1n) is 12.0. The Morgan fingerprint density at radius 3 is 2.54 bits per heavy atom. The number of benzene rings is 4. The van der Waals surface area contributed by atoms with Crippen LogP contribution in [0.3, 0.4) is 0 Å². The Labute approximate surface area is 220 Å². The van der Waals surface area contributed by atoms with Crippen LogP contribution in [0.25, 0.3) is 27.8 Å². The highest BCUT2D eigenvalue weighted by atomic mass is 35.5. The second kappa shape index (κ2) is 11.0. The molecule has 6 heteroatoms. The lowest BCUT2D eigenvalue weighted by atomic mass is 10.0. The van der Waals surface area contributed by atoms with Crippen molar-refractivity contribution in [3.05, 3.63) is 118 Å². The summed E-state index contributed by atoms with van der Waals surface area (Å²) in [5, 5.41) is 16.4. The SMILES string of the molecule is N#C/C(=C/c1c(OCc2ccc(Cl)cc2)ccc2ccccc12)C(=O)NCCc1c[nH]c2ccccc12. The standard InChI is InChI=1S/C31H24ClN3O2/c32-25-12-9-21(10-13-25)20-37-30-14-11-22-5-1-2-6-26(22)28(30)17-24(18-33)31(36)34-16-15-23-19-35-29-8-4-3-7-27(23)29/h1-14,17,19,35H,15-16,20H2,(H,34,36)/b24-17-. The predicted octanol–water partition coefficient (Wildman–Crippen LogP) is 6.82. The molecular formula is C31H24ClN3O2. The van der Waals surface area contributed by atoms with Gasteiger partial charge >= 0.3 is 0 Å². The Balaban J connectivity index is 1.37. The number of hydrogen-bond donors (Lipinski definition) is 2. The molecule has 5 rings (SSSR count). The summed E-state index contributed by atoms with van der Waals surface area (Å²) in [5.74, 6) is 0.173. The Hall–Kier alpha value is -4.53. The molecule has 0 radical (unpaired) electrons. The van der Waals surface area contributed by atoms with E-state index < -0.39 is 5.91 Å². The summed E-state index contributed by atoms with van der Waals surface area (Å²) in [6.07, 6.45) is 4.22. The van der Waals surface area contributed by atoms with E-state index in [1.807, 2.05) is 85.1 Å². The largest absolute Gasteiger partial charge is 0.488 e. The fourth-order valence-electron chi connectivity index (χ4n) is 4.33. The van der Waals surface area contributed by atoms with Crippen LogP contribution >= 0.6 is 11.6 Å². The number of aromatic amines is 1. The van der Waals surface area contributed by atoms with Crippen molar-refractivity contribution >= 4 is 45.3 Å². The van der Waals surface area contributed by atoms with E-state index in [4.69, 9.17) is 16.3 Å². The second-order valence-electron chi connectivity index (χ2n) is 8.65. The molecule has 0 bridgehead atoms. The summed E-state index contributed by atoms with van der Waals surface area (Å²) in [4.78, 5) is 16.2. The highest BCUT2D eigenvalue weighted by Crippen LogP contribution is 2.31. The lowest BCUT2D eigenvalue weighted by molar-refractivity contribution is -0.117. The minimum Gasteiger partial charge on any atom is -0.488 e. The van der Waals surface area contributed by atoms with Gasteiger partial charge in [-0.05, 0) is 58.7 Å². The van der Waals surface area contributed by atoms with Gasteiger partial charge in [0, 0.05) is 34.2 Å². The van der Waals surface area contributed by atoms with Crippen LogP contribution in [0, 0.1) is 11.3 Å². The van der Waals surface area contributed by atoms with Crippen molar-refractivity contribution in [1.82, 2.24) is 10.3 Å². The number of aromatic nitrogens is 1. The molecule has 182 valence electrons. The maximum absolute atomic E-state index is 13.0.